The van der Waals surface area contributed by atoms with Crippen LogP contribution in [-0.4, -0.2) is 35.0 Å². The molecule has 0 saturated carbocycles. The molecule has 1 amide bonds. The van der Waals surface area contributed by atoms with Crippen molar-refractivity contribution in [2.24, 2.45) is 5.41 Å². The summed E-state index contributed by atoms with van der Waals surface area (Å²) in [6, 6.07) is 3.73. The van der Waals surface area contributed by atoms with Gasteiger partial charge in [-0.05, 0) is 22.0 Å². The largest absolute Gasteiger partial charge is 0.472 e. The topological polar surface area (TPSA) is 42.4 Å². The Morgan fingerprint density at radius 2 is 2.21 bits per heavy atom. The number of carbonyl (C=O) groups is 1. The van der Waals surface area contributed by atoms with Crippen LogP contribution in [0.2, 0.25) is 0 Å². The molecule has 0 aliphatic carbocycles. The second kappa shape index (κ2) is 5.49. The molecule has 0 aromatic carbocycles. The van der Waals surface area contributed by atoms with E-state index in [-0.39, 0.29) is 17.4 Å². The average Bonchev–Trinajstić information content (AvgIpc) is 2.78. The number of nitrogens with zero attached hydrogens (tertiary/aromatic N) is 2. The molecule has 1 atom stereocenters. The van der Waals surface area contributed by atoms with E-state index in [0.717, 1.165) is 17.4 Å². The van der Waals surface area contributed by atoms with Crippen molar-refractivity contribution in [1.29, 1.82) is 0 Å². The third kappa shape index (κ3) is 3.69. The molecule has 104 valence electrons. The molecule has 2 rings (SSSR count). The van der Waals surface area contributed by atoms with Gasteiger partial charge in [0.25, 0.3) is 0 Å². The standard InChI is InChI=1S/C14H19BrN2O2/c1-14(2,3)13(18)17-7-6-11(9-17)19-12-5-4-10(15)8-16-12/h4-5,8,11H,6-7,9H2,1-3H3. The summed E-state index contributed by atoms with van der Waals surface area (Å²) in [6.45, 7) is 7.24. The summed E-state index contributed by atoms with van der Waals surface area (Å²) in [6.07, 6.45) is 2.61. The van der Waals surface area contributed by atoms with Gasteiger partial charge in [-0.1, -0.05) is 20.8 Å². The lowest BCUT2D eigenvalue weighted by Gasteiger charge is -2.25. The molecule has 1 aliphatic rings. The molecule has 1 unspecified atom stereocenters. The van der Waals surface area contributed by atoms with E-state index < -0.39 is 0 Å². The van der Waals surface area contributed by atoms with Gasteiger partial charge in [0, 0.05) is 35.1 Å². The fourth-order valence-electron chi connectivity index (χ4n) is 2.09. The molecule has 1 aromatic rings. The molecule has 2 heterocycles. The van der Waals surface area contributed by atoms with Gasteiger partial charge >= 0.3 is 0 Å². The maximum atomic E-state index is 12.2. The van der Waals surface area contributed by atoms with Crippen molar-refractivity contribution in [3.05, 3.63) is 22.8 Å². The van der Waals surface area contributed by atoms with Gasteiger partial charge in [0.05, 0.1) is 6.54 Å². The van der Waals surface area contributed by atoms with Crippen molar-refractivity contribution in [2.75, 3.05) is 13.1 Å². The Morgan fingerprint density at radius 1 is 1.47 bits per heavy atom. The Labute approximate surface area is 122 Å². The number of rotatable bonds is 2. The number of hydrogen-bond donors (Lipinski definition) is 0. The van der Waals surface area contributed by atoms with Crippen LogP contribution in [0.5, 0.6) is 5.88 Å². The third-order valence-corrected chi connectivity index (χ3v) is 3.53. The summed E-state index contributed by atoms with van der Waals surface area (Å²) < 4.78 is 6.72. The van der Waals surface area contributed by atoms with Crippen LogP contribution in [0.15, 0.2) is 22.8 Å². The van der Waals surface area contributed by atoms with Crippen molar-refractivity contribution in [3.63, 3.8) is 0 Å². The normalized spacial score (nSPS) is 19.6. The van der Waals surface area contributed by atoms with Gasteiger partial charge in [-0.15, -0.1) is 0 Å². The van der Waals surface area contributed by atoms with Crippen LogP contribution >= 0.6 is 15.9 Å². The van der Waals surface area contributed by atoms with E-state index in [2.05, 4.69) is 20.9 Å². The Kier molecular flexibility index (Phi) is 4.13. The van der Waals surface area contributed by atoms with Crippen molar-refractivity contribution in [3.8, 4) is 5.88 Å². The van der Waals surface area contributed by atoms with Gasteiger partial charge in [-0.2, -0.15) is 0 Å². The zero-order valence-electron chi connectivity index (χ0n) is 11.5. The zero-order chi connectivity index (χ0) is 14.0. The first-order chi connectivity index (χ1) is 8.86. The van der Waals surface area contributed by atoms with Crippen molar-refractivity contribution < 1.29 is 9.53 Å². The summed E-state index contributed by atoms with van der Waals surface area (Å²) in [5, 5.41) is 0. The average molecular weight is 327 g/mol. The fraction of sp³-hybridized carbons (Fsp3) is 0.571. The number of amides is 1. The van der Waals surface area contributed by atoms with Crippen LogP contribution in [0, 0.1) is 5.41 Å². The summed E-state index contributed by atoms with van der Waals surface area (Å²) >= 11 is 3.34. The lowest BCUT2D eigenvalue weighted by Crippen LogP contribution is -2.38. The molecule has 0 bridgehead atoms. The number of ether oxygens (including phenoxy) is 1. The van der Waals surface area contributed by atoms with E-state index >= 15 is 0 Å². The summed E-state index contributed by atoms with van der Waals surface area (Å²) in [4.78, 5) is 18.2. The summed E-state index contributed by atoms with van der Waals surface area (Å²) in [7, 11) is 0. The minimum atomic E-state index is -0.329. The van der Waals surface area contributed by atoms with Crippen molar-refractivity contribution >= 4 is 21.8 Å². The van der Waals surface area contributed by atoms with Crippen LogP contribution in [0.1, 0.15) is 27.2 Å². The highest BCUT2D eigenvalue weighted by Gasteiger charge is 2.33. The van der Waals surface area contributed by atoms with Gasteiger partial charge in [0.2, 0.25) is 11.8 Å². The Hall–Kier alpha value is -1.10. The van der Waals surface area contributed by atoms with E-state index in [0.29, 0.717) is 12.4 Å². The zero-order valence-corrected chi connectivity index (χ0v) is 13.1. The lowest BCUT2D eigenvalue weighted by molar-refractivity contribution is -0.138. The number of likely N-dealkylation sites (tertiary alicyclic amines) is 1. The summed E-state index contributed by atoms with van der Waals surface area (Å²) in [5.74, 6) is 0.792. The van der Waals surface area contributed by atoms with Crippen LogP contribution < -0.4 is 4.74 Å². The molecular formula is C14H19BrN2O2. The molecule has 5 heteroatoms. The molecule has 1 saturated heterocycles. The lowest BCUT2D eigenvalue weighted by atomic mass is 9.95. The predicted octanol–water partition coefficient (Wildman–Crippen LogP) is 2.87. The Morgan fingerprint density at radius 3 is 2.79 bits per heavy atom. The van der Waals surface area contributed by atoms with Crippen molar-refractivity contribution in [2.45, 2.75) is 33.3 Å². The third-order valence-electron chi connectivity index (χ3n) is 3.06. The number of carbonyl (C=O) groups excluding carboxylic acids is 1. The predicted molar refractivity (Wildman–Crippen MR) is 77.0 cm³/mol. The Balaban J connectivity index is 1.92. The number of halogens is 1. The van der Waals surface area contributed by atoms with Crippen LogP contribution in [0.3, 0.4) is 0 Å². The second-order valence-corrected chi connectivity index (χ2v) is 6.76. The fourth-order valence-corrected chi connectivity index (χ4v) is 2.32. The SMILES string of the molecule is CC(C)(C)C(=O)N1CCC(Oc2ccc(Br)cn2)C1. The van der Waals surface area contributed by atoms with E-state index in [1.54, 1.807) is 6.20 Å². The summed E-state index contributed by atoms with van der Waals surface area (Å²) in [5.41, 5.74) is -0.329. The van der Waals surface area contributed by atoms with E-state index in [4.69, 9.17) is 4.74 Å². The molecular weight excluding hydrogens is 308 g/mol. The molecule has 1 fully saturated rings. The highest BCUT2D eigenvalue weighted by Crippen LogP contribution is 2.23. The first-order valence-corrected chi connectivity index (χ1v) is 7.23. The van der Waals surface area contributed by atoms with E-state index in [1.807, 2.05) is 37.8 Å². The van der Waals surface area contributed by atoms with Gasteiger partial charge in [0.1, 0.15) is 6.10 Å². The maximum absolute atomic E-state index is 12.2. The molecule has 19 heavy (non-hydrogen) atoms. The van der Waals surface area contributed by atoms with Gasteiger partial charge < -0.3 is 9.64 Å². The molecule has 0 spiro atoms. The quantitative estimate of drug-likeness (QED) is 0.839. The van der Waals surface area contributed by atoms with Crippen LogP contribution in [-0.2, 0) is 4.79 Å². The highest BCUT2D eigenvalue weighted by molar-refractivity contribution is 9.10. The number of aromatic nitrogens is 1. The monoisotopic (exact) mass is 326 g/mol. The molecule has 1 aromatic heterocycles. The van der Waals surface area contributed by atoms with Crippen LogP contribution in [0.25, 0.3) is 0 Å². The van der Waals surface area contributed by atoms with Gasteiger partial charge in [-0.3, -0.25) is 4.79 Å². The first kappa shape index (κ1) is 14.3. The Bertz CT molecular complexity index is 454. The molecule has 0 N–H and O–H groups in total. The molecule has 1 aliphatic heterocycles. The number of pyridine rings is 1. The number of hydrogen-bond acceptors (Lipinski definition) is 3. The minimum Gasteiger partial charge on any atom is -0.472 e. The van der Waals surface area contributed by atoms with Gasteiger partial charge in [-0.25, -0.2) is 4.98 Å². The second-order valence-electron chi connectivity index (χ2n) is 5.84. The maximum Gasteiger partial charge on any atom is 0.228 e. The minimum absolute atomic E-state index is 0.0416. The smallest absolute Gasteiger partial charge is 0.228 e. The van der Waals surface area contributed by atoms with E-state index in [1.165, 1.54) is 0 Å². The highest BCUT2D eigenvalue weighted by atomic mass is 79.9. The van der Waals surface area contributed by atoms with E-state index in [9.17, 15) is 4.79 Å². The first-order valence-electron chi connectivity index (χ1n) is 6.44. The van der Waals surface area contributed by atoms with Crippen LogP contribution in [0.4, 0.5) is 0 Å². The molecule has 4 nitrogen and oxygen atoms in total. The van der Waals surface area contributed by atoms with Crippen molar-refractivity contribution in [1.82, 2.24) is 9.88 Å². The molecule has 0 radical (unpaired) electrons. The van der Waals surface area contributed by atoms with Gasteiger partial charge in [0.15, 0.2) is 0 Å².